The van der Waals surface area contributed by atoms with Crippen molar-refractivity contribution in [3.63, 3.8) is 0 Å². The standard InChI is InChI=1S/C13H26N2/c1-4-12-8-5-10(2)15(12)13(3,9-14)11-6-7-11/h10-12H,4-9,14H2,1-3H3. The van der Waals surface area contributed by atoms with Gasteiger partial charge in [0, 0.05) is 24.2 Å². The molecule has 2 nitrogen and oxygen atoms in total. The SMILES string of the molecule is CCC1CCC(C)N1C(C)(CN)C1CC1. The molecule has 2 aliphatic rings. The van der Waals surface area contributed by atoms with Gasteiger partial charge >= 0.3 is 0 Å². The van der Waals surface area contributed by atoms with E-state index < -0.39 is 0 Å². The number of likely N-dealkylation sites (tertiary alicyclic amines) is 1. The molecule has 0 aromatic rings. The van der Waals surface area contributed by atoms with Crippen molar-refractivity contribution >= 4 is 0 Å². The van der Waals surface area contributed by atoms with Gasteiger partial charge in [0.2, 0.25) is 0 Å². The lowest BCUT2D eigenvalue weighted by atomic mass is 9.91. The van der Waals surface area contributed by atoms with E-state index in [-0.39, 0.29) is 5.54 Å². The fourth-order valence-electron chi connectivity index (χ4n) is 3.58. The maximum absolute atomic E-state index is 6.07. The monoisotopic (exact) mass is 210 g/mol. The van der Waals surface area contributed by atoms with E-state index in [9.17, 15) is 0 Å². The summed E-state index contributed by atoms with van der Waals surface area (Å²) in [6, 6.07) is 1.53. The third-order valence-corrected chi connectivity index (χ3v) is 4.72. The van der Waals surface area contributed by atoms with Crippen LogP contribution in [0.1, 0.15) is 52.9 Å². The minimum Gasteiger partial charge on any atom is -0.329 e. The van der Waals surface area contributed by atoms with Crippen molar-refractivity contribution in [2.24, 2.45) is 11.7 Å². The largest absolute Gasteiger partial charge is 0.329 e. The van der Waals surface area contributed by atoms with E-state index in [1.165, 1.54) is 32.1 Å². The molecule has 1 aliphatic carbocycles. The maximum atomic E-state index is 6.07. The summed E-state index contributed by atoms with van der Waals surface area (Å²) in [7, 11) is 0. The Balaban J connectivity index is 2.17. The van der Waals surface area contributed by atoms with Crippen molar-refractivity contribution in [3.05, 3.63) is 0 Å². The molecule has 0 spiro atoms. The van der Waals surface area contributed by atoms with Crippen molar-refractivity contribution in [1.29, 1.82) is 0 Å². The predicted molar refractivity (Wildman–Crippen MR) is 64.8 cm³/mol. The minimum atomic E-state index is 0.288. The lowest BCUT2D eigenvalue weighted by molar-refractivity contribution is 0.0422. The Morgan fingerprint density at radius 3 is 2.40 bits per heavy atom. The molecule has 0 bridgehead atoms. The summed E-state index contributed by atoms with van der Waals surface area (Å²) < 4.78 is 0. The molecule has 1 saturated heterocycles. The maximum Gasteiger partial charge on any atom is 0.0337 e. The second-order valence-electron chi connectivity index (χ2n) is 5.73. The van der Waals surface area contributed by atoms with Crippen molar-refractivity contribution in [3.8, 4) is 0 Å². The molecule has 3 unspecified atom stereocenters. The molecule has 1 aliphatic heterocycles. The summed E-state index contributed by atoms with van der Waals surface area (Å²) in [6.07, 6.45) is 6.81. The average molecular weight is 210 g/mol. The van der Waals surface area contributed by atoms with E-state index in [1.807, 2.05) is 0 Å². The second-order valence-corrected chi connectivity index (χ2v) is 5.73. The molecule has 0 amide bonds. The van der Waals surface area contributed by atoms with Gasteiger partial charge in [0.05, 0.1) is 0 Å². The van der Waals surface area contributed by atoms with Crippen molar-refractivity contribution in [1.82, 2.24) is 4.90 Å². The quantitative estimate of drug-likeness (QED) is 0.772. The third kappa shape index (κ3) is 1.83. The van der Waals surface area contributed by atoms with Crippen LogP contribution in [-0.2, 0) is 0 Å². The molecular weight excluding hydrogens is 184 g/mol. The van der Waals surface area contributed by atoms with Crippen molar-refractivity contribution < 1.29 is 0 Å². The highest BCUT2D eigenvalue weighted by molar-refractivity contribution is 5.05. The number of hydrogen-bond acceptors (Lipinski definition) is 2. The summed E-state index contributed by atoms with van der Waals surface area (Å²) in [6.45, 7) is 7.93. The predicted octanol–water partition coefficient (Wildman–Crippen LogP) is 2.38. The molecule has 1 saturated carbocycles. The lowest BCUT2D eigenvalue weighted by Crippen LogP contribution is -2.57. The molecule has 3 atom stereocenters. The number of nitrogens with two attached hydrogens (primary N) is 1. The van der Waals surface area contributed by atoms with E-state index in [4.69, 9.17) is 5.73 Å². The van der Waals surface area contributed by atoms with Gasteiger partial charge in [0.25, 0.3) is 0 Å². The van der Waals surface area contributed by atoms with Gasteiger partial charge in [0.1, 0.15) is 0 Å². The first-order valence-corrected chi connectivity index (χ1v) is 6.62. The second kappa shape index (κ2) is 4.06. The Morgan fingerprint density at radius 2 is 1.93 bits per heavy atom. The van der Waals surface area contributed by atoms with E-state index in [1.54, 1.807) is 0 Å². The summed E-state index contributed by atoms with van der Waals surface area (Å²) in [4.78, 5) is 2.75. The average Bonchev–Trinajstić information content (AvgIpc) is 3.02. The van der Waals surface area contributed by atoms with E-state index in [0.717, 1.165) is 24.5 Å². The number of rotatable bonds is 4. The molecular formula is C13H26N2. The van der Waals surface area contributed by atoms with Crippen molar-refractivity contribution in [2.75, 3.05) is 6.54 Å². The Morgan fingerprint density at radius 1 is 1.27 bits per heavy atom. The topological polar surface area (TPSA) is 29.3 Å². The van der Waals surface area contributed by atoms with Crippen LogP contribution < -0.4 is 5.73 Å². The van der Waals surface area contributed by atoms with Crippen LogP contribution in [0.25, 0.3) is 0 Å². The van der Waals surface area contributed by atoms with Crippen molar-refractivity contribution in [2.45, 2.75) is 70.5 Å². The summed E-state index contributed by atoms with van der Waals surface area (Å²) in [5.74, 6) is 0.872. The van der Waals surface area contributed by atoms with E-state index in [0.29, 0.717) is 0 Å². The molecule has 0 radical (unpaired) electrons. The fraction of sp³-hybridized carbons (Fsp3) is 1.00. The highest BCUT2D eigenvalue weighted by atomic mass is 15.3. The molecule has 0 aromatic heterocycles. The molecule has 2 rings (SSSR count). The van der Waals surface area contributed by atoms with Crippen LogP contribution in [0.5, 0.6) is 0 Å². The van der Waals surface area contributed by atoms with Crippen LogP contribution in [-0.4, -0.2) is 29.1 Å². The van der Waals surface area contributed by atoms with Gasteiger partial charge in [-0.1, -0.05) is 6.92 Å². The molecule has 0 aromatic carbocycles. The van der Waals surface area contributed by atoms with Gasteiger partial charge in [-0.3, -0.25) is 4.90 Å². The van der Waals surface area contributed by atoms with Crippen LogP contribution in [0.3, 0.4) is 0 Å². The van der Waals surface area contributed by atoms with E-state index >= 15 is 0 Å². The zero-order chi connectivity index (χ0) is 11.1. The smallest absolute Gasteiger partial charge is 0.0337 e. The van der Waals surface area contributed by atoms with Crippen LogP contribution in [0.4, 0.5) is 0 Å². The molecule has 88 valence electrons. The first kappa shape index (κ1) is 11.4. The normalized spacial score (nSPS) is 36.8. The highest BCUT2D eigenvalue weighted by Gasteiger charge is 2.49. The van der Waals surface area contributed by atoms with Gasteiger partial charge in [-0.05, 0) is 51.9 Å². The first-order valence-electron chi connectivity index (χ1n) is 6.62. The Bertz CT molecular complexity index is 225. The van der Waals surface area contributed by atoms with Gasteiger partial charge < -0.3 is 5.73 Å². The summed E-state index contributed by atoms with van der Waals surface area (Å²) in [5.41, 5.74) is 6.35. The molecule has 2 N–H and O–H groups in total. The van der Waals surface area contributed by atoms with Crippen LogP contribution in [0, 0.1) is 5.92 Å². The third-order valence-electron chi connectivity index (χ3n) is 4.72. The van der Waals surface area contributed by atoms with Gasteiger partial charge in [-0.25, -0.2) is 0 Å². The summed E-state index contributed by atoms with van der Waals surface area (Å²) >= 11 is 0. The zero-order valence-corrected chi connectivity index (χ0v) is 10.5. The lowest BCUT2D eigenvalue weighted by Gasteiger charge is -2.45. The van der Waals surface area contributed by atoms with Gasteiger partial charge in [0.15, 0.2) is 0 Å². The Hall–Kier alpha value is -0.0800. The number of nitrogens with zero attached hydrogens (tertiary/aromatic N) is 1. The number of hydrogen-bond donors (Lipinski definition) is 1. The highest BCUT2D eigenvalue weighted by Crippen LogP contribution is 2.46. The van der Waals surface area contributed by atoms with Crippen LogP contribution >= 0.6 is 0 Å². The molecule has 2 heteroatoms. The van der Waals surface area contributed by atoms with Crippen LogP contribution in [0.2, 0.25) is 0 Å². The fourth-order valence-corrected chi connectivity index (χ4v) is 3.58. The summed E-state index contributed by atoms with van der Waals surface area (Å²) in [5, 5.41) is 0. The van der Waals surface area contributed by atoms with Crippen LogP contribution in [0.15, 0.2) is 0 Å². The Kier molecular flexibility index (Phi) is 3.09. The zero-order valence-electron chi connectivity index (χ0n) is 10.5. The Labute approximate surface area is 94.2 Å². The minimum absolute atomic E-state index is 0.288. The first-order chi connectivity index (χ1) is 7.13. The molecule has 2 fully saturated rings. The molecule has 1 heterocycles. The van der Waals surface area contributed by atoms with Gasteiger partial charge in [-0.15, -0.1) is 0 Å². The molecule has 15 heavy (non-hydrogen) atoms. The van der Waals surface area contributed by atoms with Gasteiger partial charge in [-0.2, -0.15) is 0 Å². The van der Waals surface area contributed by atoms with E-state index in [2.05, 4.69) is 25.7 Å².